The number of carbonyl (C=O) groups excluding carboxylic acids is 1. The molecule has 112 valence electrons. The van der Waals surface area contributed by atoms with Gasteiger partial charge in [-0.05, 0) is 37.3 Å². The number of hydrogen-bond donors (Lipinski definition) is 1. The smallest absolute Gasteiger partial charge is 0.261 e. The Hall–Kier alpha value is -1.51. The number of nitrogens with one attached hydrogen (secondary N) is 1. The zero-order valence-electron chi connectivity index (χ0n) is 13.4. The van der Waals surface area contributed by atoms with Crippen LogP contribution in [-0.2, 0) is 4.79 Å². The van der Waals surface area contributed by atoms with Gasteiger partial charge in [0, 0.05) is 6.04 Å². The Morgan fingerprint density at radius 3 is 2.10 bits per heavy atom. The molecule has 0 aliphatic carbocycles. The molecule has 1 rings (SSSR count). The Kier molecular flexibility index (Phi) is 6.05. The fourth-order valence-electron chi connectivity index (χ4n) is 2.32. The van der Waals surface area contributed by atoms with Crippen molar-refractivity contribution in [3.8, 4) is 5.75 Å². The van der Waals surface area contributed by atoms with Gasteiger partial charge in [-0.15, -0.1) is 0 Å². The highest BCUT2D eigenvalue weighted by Gasteiger charge is 2.23. The number of ether oxygens (including phenoxy) is 1. The molecule has 0 bridgehead atoms. The lowest BCUT2D eigenvalue weighted by molar-refractivity contribution is -0.128. The van der Waals surface area contributed by atoms with E-state index in [4.69, 9.17) is 4.74 Å². The number of para-hydroxylation sites is 1. The molecule has 3 nitrogen and oxygen atoms in total. The van der Waals surface area contributed by atoms with Gasteiger partial charge in [-0.2, -0.15) is 0 Å². The van der Waals surface area contributed by atoms with Crippen molar-refractivity contribution >= 4 is 5.91 Å². The van der Waals surface area contributed by atoms with Gasteiger partial charge in [0.2, 0.25) is 0 Å². The van der Waals surface area contributed by atoms with Crippen LogP contribution in [0.3, 0.4) is 0 Å². The van der Waals surface area contributed by atoms with E-state index in [1.807, 2.05) is 31.2 Å². The fourth-order valence-corrected chi connectivity index (χ4v) is 2.32. The summed E-state index contributed by atoms with van der Waals surface area (Å²) in [6, 6.07) is 7.91. The highest BCUT2D eigenvalue weighted by molar-refractivity contribution is 5.81. The first-order chi connectivity index (χ1) is 9.32. The minimum atomic E-state index is -0.490. The second-order valence-corrected chi connectivity index (χ2v) is 6.05. The van der Waals surface area contributed by atoms with Crippen LogP contribution in [0.5, 0.6) is 5.75 Å². The van der Waals surface area contributed by atoms with Crippen LogP contribution >= 0.6 is 0 Å². The third kappa shape index (κ3) is 4.55. The molecule has 0 aliphatic rings. The normalized spacial score (nSPS) is 12.8. The quantitative estimate of drug-likeness (QED) is 0.863. The molecule has 1 aromatic rings. The standard InChI is InChI=1S/C17H27NO2/c1-11(2)16(12(3)4)18-17(19)14(6)20-15-10-8-7-9-13(15)5/h7-12,14,16H,1-6H3,(H,18,19). The predicted octanol–water partition coefficient (Wildman–Crippen LogP) is 3.56. The summed E-state index contributed by atoms with van der Waals surface area (Å²) in [7, 11) is 0. The van der Waals surface area contributed by atoms with Crippen LogP contribution in [0.1, 0.15) is 40.2 Å². The van der Waals surface area contributed by atoms with Gasteiger partial charge < -0.3 is 10.1 Å². The molecule has 0 heterocycles. The van der Waals surface area contributed by atoms with E-state index in [1.165, 1.54) is 0 Å². The van der Waals surface area contributed by atoms with E-state index in [9.17, 15) is 4.79 Å². The van der Waals surface area contributed by atoms with E-state index in [-0.39, 0.29) is 11.9 Å². The average Bonchev–Trinajstić information content (AvgIpc) is 2.37. The molecule has 3 heteroatoms. The van der Waals surface area contributed by atoms with Gasteiger partial charge in [-0.1, -0.05) is 45.9 Å². The van der Waals surface area contributed by atoms with E-state index in [0.717, 1.165) is 11.3 Å². The molecular weight excluding hydrogens is 250 g/mol. The minimum Gasteiger partial charge on any atom is -0.481 e. The van der Waals surface area contributed by atoms with Crippen LogP contribution in [-0.4, -0.2) is 18.1 Å². The molecule has 0 aromatic heterocycles. The lowest BCUT2D eigenvalue weighted by Crippen LogP contribution is -2.47. The summed E-state index contributed by atoms with van der Waals surface area (Å²) >= 11 is 0. The van der Waals surface area contributed by atoms with Gasteiger partial charge in [-0.3, -0.25) is 4.79 Å². The molecule has 0 fully saturated rings. The highest BCUT2D eigenvalue weighted by atomic mass is 16.5. The number of benzene rings is 1. The molecule has 1 unspecified atom stereocenters. The van der Waals surface area contributed by atoms with Crippen LogP contribution in [0.25, 0.3) is 0 Å². The summed E-state index contributed by atoms with van der Waals surface area (Å²) < 4.78 is 5.76. The van der Waals surface area contributed by atoms with E-state index >= 15 is 0 Å². The Morgan fingerprint density at radius 2 is 1.60 bits per heavy atom. The van der Waals surface area contributed by atoms with Crippen molar-refractivity contribution in [2.75, 3.05) is 0 Å². The highest BCUT2D eigenvalue weighted by Crippen LogP contribution is 2.18. The van der Waals surface area contributed by atoms with Crippen LogP contribution < -0.4 is 10.1 Å². The topological polar surface area (TPSA) is 38.3 Å². The van der Waals surface area contributed by atoms with Crippen molar-refractivity contribution in [3.05, 3.63) is 29.8 Å². The first-order valence-electron chi connectivity index (χ1n) is 7.35. The Morgan fingerprint density at radius 1 is 1.05 bits per heavy atom. The molecule has 1 amide bonds. The third-order valence-corrected chi connectivity index (χ3v) is 3.51. The monoisotopic (exact) mass is 277 g/mol. The molecule has 0 saturated heterocycles. The van der Waals surface area contributed by atoms with Gasteiger partial charge in [0.1, 0.15) is 5.75 Å². The largest absolute Gasteiger partial charge is 0.481 e. The van der Waals surface area contributed by atoms with Gasteiger partial charge in [0.05, 0.1) is 0 Å². The van der Waals surface area contributed by atoms with Gasteiger partial charge in [0.15, 0.2) is 6.10 Å². The molecule has 20 heavy (non-hydrogen) atoms. The van der Waals surface area contributed by atoms with Gasteiger partial charge in [-0.25, -0.2) is 0 Å². The second-order valence-electron chi connectivity index (χ2n) is 6.05. The summed E-state index contributed by atoms with van der Waals surface area (Å²) in [6.45, 7) is 12.3. The summed E-state index contributed by atoms with van der Waals surface area (Å²) in [5, 5.41) is 3.09. The lowest BCUT2D eigenvalue weighted by atomic mass is 9.93. The van der Waals surface area contributed by atoms with Crippen molar-refractivity contribution in [2.24, 2.45) is 11.8 Å². The zero-order valence-corrected chi connectivity index (χ0v) is 13.4. The van der Waals surface area contributed by atoms with Crippen molar-refractivity contribution in [1.82, 2.24) is 5.32 Å². The van der Waals surface area contributed by atoms with Crippen molar-refractivity contribution in [1.29, 1.82) is 0 Å². The maximum Gasteiger partial charge on any atom is 0.261 e. The number of hydrogen-bond acceptors (Lipinski definition) is 2. The zero-order chi connectivity index (χ0) is 15.3. The second kappa shape index (κ2) is 7.32. The summed E-state index contributed by atoms with van der Waals surface area (Å²) in [5.41, 5.74) is 1.04. The molecule has 0 radical (unpaired) electrons. The summed E-state index contributed by atoms with van der Waals surface area (Å²) in [4.78, 5) is 12.2. The van der Waals surface area contributed by atoms with Gasteiger partial charge in [0.25, 0.3) is 5.91 Å². The molecule has 0 spiro atoms. The first-order valence-corrected chi connectivity index (χ1v) is 7.35. The maximum absolute atomic E-state index is 12.2. The van der Waals surface area contributed by atoms with Crippen molar-refractivity contribution in [2.45, 2.75) is 53.7 Å². The van der Waals surface area contributed by atoms with Crippen molar-refractivity contribution in [3.63, 3.8) is 0 Å². The fraction of sp³-hybridized carbons (Fsp3) is 0.588. The molecule has 0 saturated carbocycles. The lowest BCUT2D eigenvalue weighted by Gasteiger charge is -2.27. The number of amides is 1. The van der Waals surface area contributed by atoms with Crippen LogP contribution in [0.15, 0.2) is 24.3 Å². The molecule has 1 aromatic carbocycles. The predicted molar refractivity (Wildman–Crippen MR) is 82.9 cm³/mol. The Balaban J connectivity index is 2.65. The Labute approximate surface area is 122 Å². The third-order valence-electron chi connectivity index (χ3n) is 3.51. The maximum atomic E-state index is 12.2. The molecule has 1 atom stereocenters. The number of aryl methyl sites for hydroxylation is 1. The minimum absolute atomic E-state index is 0.0550. The van der Waals surface area contributed by atoms with E-state index in [2.05, 4.69) is 33.0 Å². The SMILES string of the molecule is Cc1ccccc1OC(C)C(=O)NC(C(C)C)C(C)C. The summed E-state index contributed by atoms with van der Waals surface area (Å²) in [5.74, 6) is 1.52. The number of carbonyl (C=O) groups is 1. The Bertz CT molecular complexity index is 432. The van der Waals surface area contributed by atoms with Crippen molar-refractivity contribution < 1.29 is 9.53 Å². The average molecular weight is 277 g/mol. The first kappa shape index (κ1) is 16.5. The van der Waals surface area contributed by atoms with E-state index in [1.54, 1.807) is 6.92 Å². The van der Waals surface area contributed by atoms with Gasteiger partial charge >= 0.3 is 0 Å². The van der Waals surface area contributed by atoms with Crippen LogP contribution in [0.4, 0.5) is 0 Å². The van der Waals surface area contributed by atoms with E-state index < -0.39 is 6.10 Å². The molecule has 1 N–H and O–H groups in total. The number of rotatable bonds is 6. The molecule has 0 aliphatic heterocycles. The summed E-state index contributed by atoms with van der Waals surface area (Å²) in [6.07, 6.45) is -0.490. The van der Waals surface area contributed by atoms with E-state index in [0.29, 0.717) is 11.8 Å². The van der Waals surface area contributed by atoms with Crippen LogP contribution in [0.2, 0.25) is 0 Å². The van der Waals surface area contributed by atoms with Crippen LogP contribution in [0, 0.1) is 18.8 Å². The molecular formula is C17H27NO2.